The molecule has 6 nitrogen and oxygen atoms in total. The smallest absolute Gasteiger partial charge is 0.248 e. The Kier molecular flexibility index (Phi) is 4.52. The fourth-order valence-electron chi connectivity index (χ4n) is 3.68. The Morgan fingerprint density at radius 2 is 2.03 bits per heavy atom. The minimum atomic E-state index is -0.191. The van der Waals surface area contributed by atoms with Crippen molar-refractivity contribution in [1.82, 2.24) is 9.55 Å². The standard InChI is InChI=1S/C23H21N3O3/c27-23(10-8-16-7-9-20-21(12-16)29-15-28-20)24-18-5-3-4-17(13-18)19-14-26-11-2-1-6-22(26)25-19/h3-5,7-10,12-14H,1-2,6,11,15H2,(H,24,27). The van der Waals surface area contributed by atoms with Crippen molar-refractivity contribution in [1.29, 1.82) is 0 Å². The van der Waals surface area contributed by atoms with E-state index in [2.05, 4.69) is 16.1 Å². The van der Waals surface area contributed by atoms with Crippen LogP contribution in [-0.2, 0) is 17.8 Å². The Hall–Kier alpha value is -3.54. The van der Waals surface area contributed by atoms with E-state index in [9.17, 15) is 4.79 Å². The Labute approximate surface area is 168 Å². The second-order valence-electron chi connectivity index (χ2n) is 7.21. The summed E-state index contributed by atoms with van der Waals surface area (Å²) < 4.78 is 12.9. The Balaban J connectivity index is 1.28. The SMILES string of the molecule is O=C(C=Cc1ccc2c(c1)OCO2)Nc1cccc(-c2cn3c(n2)CCCC3)c1. The third-order valence-corrected chi connectivity index (χ3v) is 5.16. The van der Waals surface area contributed by atoms with Crippen LogP contribution in [-0.4, -0.2) is 22.3 Å². The molecular formula is C23H21N3O3. The molecule has 5 rings (SSSR count). The molecule has 0 fully saturated rings. The van der Waals surface area contributed by atoms with Gasteiger partial charge in [0, 0.05) is 36.5 Å². The van der Waals surface area contributed by atoms with Crippen LogP contribution in [0.4, 0.5) is 5.69 Å². The summed E-state index contributed by atoms with van der Waals surface area (Å²) in [6, 6.07) is 13.4. The molecule has 1 aromatic heterocycles. The van der Waals surface area contributed by atoms with Gasteiger partial charge in [-0.2, -0.15) is 0 Å². The number of hydrogen-bond donors (Lipinski definition) is 1. The quantitative estimate of drug-likeness (QED) is 0.679. The van der Waals surface area contributed by atoms with Gasteiger partial charge in [-0.1, -0.05) is 18.2 Å². The fraction of sp³-hybridized carbons (Fsp3) is 0.217. The summed E-state index contributed by atoms with van der Waals surface area (Å²) in [6.45, 7) is 1.27. The third kappa shape index (κ3) is 3.74. The molecule has 0 radical (unpaired) electrons. The van der Waals surface area contributed by atoms with E-state index in [0.717, 1.165) is 47.0 Å². The molecule has 146 valence electrons. The molecule has 2 aliphatic heterocycles. The van der Waals surface area contributed by atoms with Crippen LogP contribution < -0.4 is 14.8 Å². The maximum atomic E-state index is 12.4. The summed E-state index contributed by atoms with van der Waals surface area (Å²) in [6.07, 6.45) is 8.80. The largest absolute Gasteiger partial charge is 0.454 e. The van der Waals surface area contributed by atoms with E-state index < -0.39 is 0 Å². The minimum Gasteiger partial charge on any atom is -0.454 e. The summed E-state index contributed by atoms with van der Waals surface area (Å²) in [5, 5.41) is 2.92. The van der Waals surface area contributed by atoms with E-state index >= 15 is 0 Å². The highest BCUT2D eigenvalue weighted by atomic mass is 16.7. The second kappa shape index (κ2) is 7.47. The van der Waals surface area contributed by atoms with Crippen molar-refractivity contribution in [3.05, 3.63) is 66.1 Å². The van der Waals surface area contributed by atoms with Crippen LogP contribution in [0, 0.1) is 0 Å². The highest BCUT2D eigenvalue weighted by Crippen LogP contribution is 2.32. The lowest BCUT2D eigenvalue weighted by molar-refractivity contribution is -0.111. The average Bonchev–Trinajstić information content (AvgIpc) is 3.39. The predicted octanol–water partition coefficient (Wildman–Crippen LogP) is 4.27. The molecule has 29 heavy (non-hydrogen) atoms. The van der Waals surface area contributed by atoms with Crippen molar-refractivity contribution >= 4 is 17.7 Å². The summed E-state index contributed by atoms with van der Waals surface area (Å²) in [5.41, 5.74) is 3.58. The number of hydrogen-bond acceptors (Lipinski definition) is 4. The van der Waals surface area contributed by atoms with Gasteiger partial charge in [-0.3, -0.25) is 4.79 Å². The Bertz CT molecular complexity index is 1080. The Morgan fingerprint density at radius 1 is 1.10 bits per heavy atom. The van der Waals surface area contributed by atoms with Gasteiger partial charge in [0.25, 0.3) is 0 Å². The molecule has 1 N–H and O–H groups in total. The maximum absolute atomic E-state index is 12.4. The first-order valence-electron chi connectivity index (χ1n) is 9.80. The molecular weight excluding hydrogens is 366 g/mol. The number of fused-ring (bicyclic) bond motifs is 2. The van der Waals surface area contributed by atoms with Crippen molar-refractivity contribution in [2.45, 2.75) is 25.8 Å². The summed E-state index contributed by atoms with van der Waals surface area (Å²) in [7, 11) is 0. The zero-order valence-electron chi connectivity index (χ0n) is 15.9. The number of anilines is 1. The van der Waals surface area contributed by atoms with Crippen LogP contribution >= 0.6 is 0 Å². The lowest BCUT2D eigenvalue weighted by Gasteiger charge is -2.11. The van der Waals surface area contributed by atoms with Gasteiger partial charge in [-0.15, -0.1) is 0 Å². The minimum absolute atomic E-state index is 0.191. The van der Waals surface area contributed by atoms with Crippen molar-refractivity contribution in [3.8, 4) is 22.8 Å². The van der Waals surface area contributed by atoms with Crippen molar-refractivity contribution in [2.24, 2.45) is 0 Å². The van der Waals surface area contributed by atoms with Crippen LogP contribution in [0.3, 0.4) is 0 Å². The van der Waals surface area contributed by atoms with Gasteiger partial charge >= 0.3 is 0 Å². The maximum Gasteiger partial charge on any atom is 0.248 e. The monoisotopic (exact) mass is 387 g/mol. The van der Waals surface area contributed by atoms with Gasteiger partial charge in [-0.05, 0) is 48.7 Å². The number of aryl methyl sites for hydroxylation is 2. The van der Waals surface area contributed by atoms with Crippen LogP contribution in [0.5, 0.6) is 11.5 Å². The molecule has 0 bridgehead atoms. The van der Waals surface area contributed by atoms with Crippen LogP contribution in [0.25, 0.3) is 17.3 Å². The van der Waals surface area contributed by atoms with E-state index in [1.54, 1.807) is 6.08 Å². The number of nitrogens with one attached hydrogen (secondary N) is 1. The van der Waals surface area contributed by atoms with Crippen LogP contribution in [0.2, 0.25) is 0 Å². The molecule has 1 amide bonds. The topological polar surface area (TPSA) is 65.4 Å². The zero-order chi connectivity index (χ0) is 19.6. The molecule has 0 aliphatic carbocycles. The van der Waals surface area contributed by atoms with Crippen LogP contribution in [0.15, 0.2) is 54.7 Å². The Morgan fingerprint density at radius 3 is 2.97 bits per heavy atom. The number of ether oxygens (including phenoxy) is 2. The summed E-state index contributed by atoms with van der Waals surface area (Å²) in [5.74, 6) is 2.38. The number of imidazole rings is 1. The van der Waals surface area contributed by atoms with E-state index in [0.29, 0.717) is 5.75 Å². The van der Waals surface area contributed by atoms with Gasteiger partial charge in [0.2, 0.25) is 12.7 Å². The first-order valence-corrected chi connectivity index (χ1v) is 9.80. The summed E-state index contributed by atoms with van der Waals surface area (Å²) in [4.78, 5) is 17.1. The second-order valence-corrected chi connectivity index (χ2v) is 7.21. The first-order chi connectivity index (χ1) is 14.2. The average molecular weight is 387 g/mol. The number of benzene rings is 2. The fourth-order valence-corrected chi connectivity index (χ4v) is 3.68. The van der Waals surface area contributed by atoms with E-state index in [1.165, 1.54) is 18.9 Å². The zero-order valence-corrected chi connectivity index (χ0v) is 15.9. The van der Waals surface area contributed by atoms with E-state index in [4.69, 9.17) is 14.5 Å². The summed E-state index contributed by atoms with van der Waals surface area (Å²) >= 11 is 0. The van der Waals surface area contributed by atoms with Crippen molar-refractivity contribution in [3.63, 3.8) is 0 Å². The molecule has 0 spiro atoms. The number of aromatic nitrogens is 2. The van der Waals surface area contributed by atoms with Gasteiger partial charge in [0.05, 0.1) is 5.69 Å². The lowest BCUT2D eigenvalue weighted by atomic mass is 10.1. The number of carbonyl (C=O) groups excluding carboxylic acids is 1. The highest BCUT2D eigenvalue weighted by Gasteiger charge is 2.14. The highest BCUT2D eigenvalue weighted by molar-refractivity contribution is 6.02. The van der Waals surface area contributed by atoms with Crippen molar-refractivity contribution < 1.29 is 14.3 Å². The van der Waals surface area contributed by atoms with Gasteiger partial charge in [0.1, 0.15) is 5.82 Å². The predicted molar refractivity (Wildman–Crippen MR) is 111 cm³/mol. The number of amides is 1. The normalized spacial score (nSPS) is 14.8. The molecule has 6 heteroatoms. The number of carbonyl (C=O) groups is 1. The molecule has 0 unspecified atom stereocenters. The van der Waals surface area contributed by atoms with Gasteiger partial charge in [0.15, 0.2) is 11.5 Å². The van der Waals surface area contributed by atoms with Crippen molar-refractivity contribution in [2.75, 3.05) is 12.1 Å². The lowest BCUT2D eigenvalue weighted by Crippen LogP contribution is -2.08. The first kappa shape index (κ1) is 17.6. The molecule has 3 aromatic rings. The van der Waals surface area contributed by atoms with Crippen LogP contribution in [0.1, 0.15) is 24.2 Å². The number of nitrogens with zero attached hydrogens (tertiary/aromatic N) is 2. The van der Waals surface area contributed by atoms with Gasteiger partial charge in [-0.25, -0.2) is 4.98 Å². The molecule has 3 heterocycles. The molecule has 0 saturated heterocycles. The third-order valence-electron chi connectivity index (χ3n) is 5.16. The molecule has 0 saturated carbocycles. The molecule has 2 aliphatic rings. The molecule has 0 atom stereocenters. The molecule has 2 aromatic carbocycles. The van der Waals surface area contributed by atoms with E-state index in [1.807, 2.05) is 42.5 Å². The van der Waals surface area contributed by atoms with E-state index in [-0.39, 0.29) is 12.7 Å². The number of rotatable bonds is 4. The van der Waals surface area contributed by atoms with Gasteiger partial charge < -0.3 is 19.4 Å².